The molecule has 1 saturated carbocycles. The van der Waals surface area contributed by atoms with Gasteiger partial charge in [-0.1, -0.05) is 36.8 Å². The van der Waals surface area contributed by atoms with Crippen LogP contribution in [-0.2, 0) is 15.5 Å². The first-order valence-corrected chi connectivity index (χ1v) is 13.6. The summed E-state index contributed by atoms with van der Waals surface area (Å²) in [6.07, 6.45) is 6.56. The Bertz CT molecular complexity index is 1320. The summed E-state index contributed by atoms with van der Waals surface area (Å²) in [6.45, 7) is 1.30. The summed E-state index contributed by atoms with van der Waals surface area (Å²) in [7, 11) is -1.11. The Hall–Kier alpha value is -2.92. The maximum Gasteiger partial charge on any atom is 0.222 e. The highest BCUT2D eigenvalue weighted by Crippen LogP contribution is 2.44. The zero-order chi connectivity index (χ0) is 24.2. The standard InChI is InChI=1S/C25H27N5O3S2/c26-22-21-19(16-5-2-1-3-6-16)13-20(30-23(21)34-24(22)35(32)18-7-4-8-18)17-14-28-25(29-15-17)27-9-11-33-12-10-31/h1-3,5-6,13-15,18,31H,4,7-12,26H2,(H,27,28,29)/t35-/m0/s1. The molecule has 3 heterocycles. The lowest BCUT2D eigenvalue weighted by Gasteiger charge is -2.23. The molecule has 35 heavy (non-hydrogen) atoms. The molecule has 1 aliphatic carbocycles. The van der Waals surface area contributed by atoms with Crippen molar-refractivity contribution in [3.8, 4) is 22.4 Å². The summed E-state index contributed by atoms with van der Waals surface area (Å²) in [6, 6.07) is 12.0. The van der Waals surface area contributed by atoms with Crippen LogP contribution in [0.1, 0.15) is 19.3 Å². The number of rotatable bonds is 10. The van der Waals surface area contributed by atoms with Crippen LogP contribution in [0.2, 0.25) is 0 Å². The number of anilines is 2. The van der Waals surface area contributed by atoms with Crippen molar-refractivity contribution in [2.75, 3.05) is 37.4 Å². The molecule has 0 radical (unpaired) electrons. The second-order valence-corrected chi connectivity index (χ2v) is 11.2. The number of nitrogens with two attached hydrogens (primary N) is 1. The largest absolute Gasteiger partial charge is 0.396 e. The molecule has 0 bridgehead atoms. The van der Waals surface area contributed by atoms with Crippen LogP contribution >= 0.6 is 11.3 Å². The lowest BCUT2D eigenvalue weighted by molar-refractivity contribution is 0.0991. The Morgan fingerprint density at radius 1 is 1.14 bits per heavy atom. The zero-order valence-electron chi connectivity index (χ0n) is 19.1. The number of thiophene rings is 1. The smallest absolute Gasteiger partial charge is 0.222 e. The minimum absolute atomic E-state index is 0.00137. The van der Waals surface area contributed by atoms with Crippen LogP contribution in [-0.4, -0.2) is 55.9 Å². The van der Waals surface area contributed by atoms with Crippen LogP contribution in [0.5, 0.6) is 0 Å². The molecule has 0 aliphatic heterocycles. The number of aromatic nitrogens is 3. The fraction of sp³-hybridized carbons (Fsp3) is 0.320. The Morgan fingerprint density at radius 3 is 2.60 bits per heavy atom. The Morgan fingerprint density at radius 2 is 1.91 bits per heavy atom. The van der Waals surface area contributed by atoms with E-state index in [0.717, 1.165) is 56.1 Å². The molecule has 0 amide bonds. The molecular weight excluding hydrogens is 482 g/mol. The summed E-state index contributed by atoms with van der Waals surface area (Å²) in [4.78, 5) is 14.5. The Kier molecular flexibility index (Phi) is 7.33. The summed E-state index contributed by atoms with van der Waals surface area (Å²) in [5.74, 6) is 0.490. The van der Waals surface area contributed by atoms with Gasteiger partial charge < -0.3 is 20.9 Å². The highest BCUT2D eigenvalue weighted by Gasteiger charge is 2.29. The van der Waals surface area contributed by atoms with Gasteiger partial charge in [-0.05, 0) is 30.0 Å². The number of aliphatic hydroxyl groups excluding tert-OH is 1. The van der Waals surface area contributed by atoms with E-state index in [2.05, 4.69) is 15.3 Å². The van der Waals surface area contributed by atoms with E-state index in [1.807, 2.05) is 36.4 Å². The van der Waals surface area contributed by atoms with E-state index in [0.29, 0.717) is 31.4 Å². The molecule has 0 unspecified atom stereocenters. The van der Waals surface area contributed by atoms with Crippen LogP contribution in [0.3, 0.4) is 0 Å². The van der Waals surface area contributed by atoms with Gasteiger partial charge in [-0.2, -0.15) is 0 Å². The topological polar surface area (TPSA) is 123 Å². The molecule has 1 atom stereocenters. The quantitative estimate of drug-likeness (QED) is 0.273. The van der Waals surface area contributed by atoms with Gasteiger partial charge in [0.25, 0.3) is 0 Å². The van der Waals surface area contributed by atoms with Crippen molar-refractivity contribution in [1.82, 2.24) is 15.0 Å². The predicted octanol–water partition coefficient (Wildman–Crippen LogP) is 4.08. The molecule has 3 aromatic heterocycles. The highest BCUT2D eigenvalue weighted by atomic mass is 32.2. The molecule has 1 aromatic carbocycles. The summed E-state index contributed by atoms with van der Waals surface area (Å²) < 4.78 is 19.1. The van der Waals surface area contributed by atoms with E-state index < -0.39 is 10.8 Å². The molecule has 1 aliphatic rings. The predicted molar refractivity (Wildman–Crippen MR) is 141 cm³/mol. The van der Waals surface area contributed by atoms with Gasteiger partial charge in [-0.25, -0.2) is 15.0 Å². The third-order valence-electron chi connectivity index (χ3n) is 6.00. The summed E-state index contributed by atoms with van der Waals surface area (Å²) in [5.41, 5.74) is 10.7. The van der Waals surface area contributed by atoms with Gasteiger partial charge in [0.05, 0.1) is 42.0 Å². The van der Waals surface area contributed by atoms with Gasteiger partial charge in [0.15, 0.2) is 0 Å². The van der Waals surface area contributed by atoms with E-state index in [4.69, 9.17) is 20.6 Å². The first kappa shape index (κ1) is 23.8. The average Bonchev–Trinajstić information content (AvgIpc) is 3.19. The molecule has 1 fully saturated rings. The van der Waals surface area contributed by atoms with Crippen molar-refractivity contribution < 1.29 is 14.1 Å². The van der Waals surface area contributed by atoms with Gasteiger partial charge in [0.2, 0.25) is 5.95 Å². The molecule has 4 aromatic rings. The van der Waals surface area contributed by atoms with E-state index in [9.17, 15) is 4.21 Å². The van der Waals surface area contributed by atoms with Crippen molar-refractivity contribution in [1.29, 1.82) is 0 Å². The number of nitrogens with zero attached hydrogens (tertiary/aromatic N) is 3. The van der Waals surface area contributed by atoms with Crippen molar-refractivity contribution in [3.05, 3.63) is 48.8 Å². The van der Waals surface area contributed by atoms with Gasteiger partial charge in [0, 0.05) is 35.1 Å². The SMILES string of the molecule is Nc1c([S@@](=O)C2CCC2)sc2nc(-c3cnc(NCCOCCO)nc3)cc(-c3ccccc3)c12. The van der Waals surface area contributed by atoms with Gasteiger partial charge in [-0.15, -0.1) is 11.3 Å². The minimum Gasteiger partial charge on any atom is -0.396 e. The Labute approximate surface area is 210 Å². The number of ether oxygens (including phenoxy) is 1. The zero-order valence-corrected chi connectivity index (χ0v) is 20.8. The van der Waals surface area contributed by atoms with Crippen molar-refractivity contribution in [2.24, 2.45) is 0 Å². The lowest BCUT2D eigenvalue weighted by Crippen LogP contribution is -2.23. The molecule has 5 rings (SSSR count). The monoisotopic (exact) mass is 509 g/mol. The first-order valence-electron chi connectivity index (χ1n) is 11.6. The van der Waals surface area contributed by atoms with Crippen molar-refractivity contribution in [3.63, 3.8) is 0 Å². The van der Waals surface area contributed by atoms with Crippen LogP contribution in [0.25, 0.3) is 32.6 Å². The highest BCUT2D eigenvalue weighted by molar-refractivity contribution is 7.88. The number of hydrogen-bond donors (Lipinski definition) is 3. The molecule has 182 valence electrons. The molecule has 10 heteroatoms. The maximum atomic E-state index is 13.2. The average molecular weight is 510 g/mol. The fourth-order valence-corrected chi connectivity index (χ4v) is 7.14. The first-order chi connectivity index (χ1) is 17.2. The molecule has 4 N–H and O–H groups in total. The molecule has 0 spiro atoms. The van der Waals surface area contributed by atoms with Crippen LogP contribution in [0.15, 0.2) is 53.0 Å². The Balaban J connectivity index is 1.50. The lowest BCUT2D eigenvalue weighted by atomic mass is 10.00. The summed E-state index contributed by atoms with van der Waals surface area (Å²) in [5, 5.41) is 12.9. The third kappa shape index (κ3) is 5.06. The number of fused-ring (bicyclic) bond motifs is 1. The van der Waals surface area contributed by atoms with Crippen LogP contribution in [0, 0.1) is 0 Å². The number of hydrogen-bond acceptors (Lipinski definition) is 9. The van der Waals surface area contributed by atoms with Gasteiger partial charge in [0.1, 0.15) is 9.04 Å². The van der Waals surface area contributed by atoms with E-state index >= 15 is 0 Å². The van der Waals surface area contributed by atoms with E-state index in [1.165, 1.54) is 11.3 Å². The molecule has 0 saturated heterocycles. The molecular formula is C25H27N5O3S2. The van der Waals surface area contributed by atoms with Gasteiger partial charge in [-0.3, -0.25) is 4.21 Å². The normalized spacial score (nSPS) is 14.7. The minimum atomic E-state index is -1.11. The second-order valence-electron chi connectivity index (χ2n) is 8.31. The third-order valence-corrected chi connectivity index (χ3v) is 9.30. The number of aliphatic hydroxyl groups is 1. The number of benzene rings is 1. The van der Waals surface area contributed by atoms with Crippen molar-refractivity contribution in [2.45, 2.75) is 28.7 Å². The summed E-state index contributed by atoms with van der Waals surface area (Å²) >= 11 is 1.43. The number of pyridine rings is 1. The van der Waals surface area contributed by atoms with Gasteiger partial charge >= 0.3 is 0 Å². The van der Waals surface area contributed by atoms with Crippen molar-refractivity contribution >= 4 is 44.0 Å². The number of nitrogen functional groups attached to an aromatic ring is 1. The number of nitrogens with one attached hydrogen (secondary N) is 1. The van der Waals surface area contributed by atoms with Crippen LogP contribution < -0.4 is 11.1 Å². The van der Waals surface area contributed by atoms with Crippen LogP contribution in [0.4, 0.5) is 11.6 Å². The van der Waals surface area contributed by atoms with E-state index in [1.54, 1.807) is 12.4 Å². The maximum absolute atomic E-state index is 13.2. The van der Waals surface area contributed by atoms with E-state index in [-0.39, 0.29) is 11.9 Å². The fourth-order valence-electron chi connectivity index (χ4n) is 3.93. The molecule has 8 nitrogen and oxygen atoms in total. The second kappa shape index (κ2) is 10.8.